The number of carbonyl (C=O) groups is 1. The van der Waals surface area contributed by atoms with Crippen molar-refractivity contribution in [1.29, 1.82) is 0 Å². The number of rotatable bonds is 4. The molecule has 3 aromatic rings. The number of anilines is 1. The van der Waals surface area contributed by atoms with E-state index in [-0.39, 0.29) is 6.54 Å². The van der Waals surface area contributed by atoms with Gasteiger partial charge in [-0.3, -0.25) is 9.89 Å². The van der Waals surface area contributed by atoms with Gasteiger partial charge in [0.25, 0.3) is 5.91 Å². The van der Waals surface area contributed by atoms with Crippen molar-refractivity contribution in [2.45, 2.75) is 12.7 Å². The Balaban J connectivity index is 1.66. The van der Waals surface area contributed by atoms with E-state index in [2.05, 4.69) is 15.5 Å². The molecule has 0 saturated carbocycles. The Hall–Kier alpha value is -3.36. The summed E-state index contributed by atoms with van der Waals surface area (Å²) in [5.41, 5.74) is 6.84. The maximum Gasteiger partial charge on any atom is 0.416 e. The molecule has 0 aliphatic rings. The molecule has 0 atom stereocenters. The topological polar surface area (TPSA) is 83.8 Å². The van der Waals surface area contributed by atoms with Crippen LogP contribution in [-0.2, 0) is 12.7 Å². The second kappa shape index (κ2) is 7.10. The maximum atomic E-state index is 13.8. The fraction of sp³-hybridized carbons (Fsp3) is 0.111. The van der Waals surface area contributed by atoms with Crippen molar-refractivity contribution < 1.29 is 22.4 Å². The zero-order valence-corrected chi connectivity index (χ0v) is 13.8. The van der Waals surface area contributed by atoms with E-state index < -0.39 is 29.0 Å². The molecule has 1 amide bonds. The number of aromatic nitrogens is 2. The largest absolute Gasteiger partial charge is 0.416 e. The summed E-state index contributed by atoms with van der Waals surface area (Å²) in [6.45, 7) is 0.0814. The predicted molar refractivity (Wildman–Crippen MR) is 91.0 cm³/mol. The van der Waals surface area contributed by atoms with Crippen molar-refractivity contribution >= 4 is 11.6 Å². The molecule has 27 heavy (non-hydrogen) atoms. The molecule has 140 valence electrons. The van der Waals surface area contributed by atoms with Gasteiger partial charge in [0.05, 0.1) is 28.7 Å². The van der Waals surface area contributed by atoms with Crippen LogP contribution in [0.4, 0.5) is 23.2 Å². The minimum absolute atomic E-state index is 0.0814. The van der Waals surface area contributed by atoms with Gasteiger partial charge in [-0.25, -0.2) is 4.39 Å². The second-order valence-electron chi connectivity index (χ2n) is 5.77. The molecule has 3 rings (SSSR count). The van der Waals surface area contributed by atoms with Crippen LogP contribution in [0.1, 0.15) is 21.5 Å². The standard InChI is InChI=1S/C18H14F4N4O/c19-14-7-12(18(20,21)22)5-6-13(14)17(27)24-8-10-1-3-11(4-2-10)16-15(23)9-25-26-16/h1-7,9H,8,23H2,(H,24,27)(H,25,26). The van der Waals surface area contributed by atoms with Crippen LogP contribution in [0.25, 0.3) is 11.3 Å². The van der Waals surface area contributed by atoms with Gasteiger partial charge in [-0.2, -0.15) is 18.3 Å². The van der Waals surface area contributed by atoms with Crippen LogP contribution in [0.5, 0.6) is 0 Å². The molecule has 0 aliphatic carbocycles. The molecule has 2 aromatic carbocycles. The lowest BCUT2D eigenvalue weighted by molar-refractivity contribution is -0.137. The first-order chi connectivity index (χ1) is 12.8. The summed E-state index contributed by atoms with van der Waals surface area (Å²) in [6.07, 6.45) is -3.18. The van der Waals surface area contributed by atoms with Crippen LogP contribution in [0.3, 0.4) is 0 Å². The van der Waals surface area contributed by atoms with Crippen LogP contribution >= 0.6 is 0 Å². The Morgan fingerprint density at radius 1 is 1.15 bits per heavy atom. The first-order valence-electron chi connectivity index (χ1n) is 7.79. The summed E-state index contributed by atoms with van der Waals surface area (Å²) < 4.78 is 51.5. The minimum Gasteiger partial charge on any atom is -0.396 e. The van der Waals surface area contributed by atoms with Crippen molar-refractivity contribution in [1.82, 2.24) is 15.5 Å². The SMILES string of the molecule is Nc1cn[nH]c1-c1ccc(CNC(=O)c2ccc(C(F)(F)F)cc2F)cc1. The third kappa shape index (κ3) is 4.08. The van der Waals surface area contributed by atoms with E-state index in [1.165, 1.54) is 6.20 Å². The highest BCUT2D eigenvalue weighted by molar-refractivity contribution is 5.94. The third-order valence-electron chi connectivity index (χ3n) is 3.91. The monoisotopic (exact) mass is 378 g/mol. The molecule has 0 aliphatic heterocycles. The van der Waals surface area contributed by atoms with Crippen molar-refractivity contribution in [3.05, 3.63) is 71.2 Å². The van der Waals surface area contributed by atoms with E-state index in [0.29, 0.717) is 23.5 Å². The van der Waals surface area contributed by atoms with Crippen molar-refractivity contribution in [2.75, 3.05) is 5.73 Å². The van der Waals surface area contributed by atoms with Gasteiger partial charge in [0.2, 0.25) is 0 Å². The Bertz CT molecular complexity index is 964. The molecule has 1 heterocycles. The van der Waals surface area contributed by atoms with E-state index in [1.54, 1.807) is 24.3 Å². The van der Waals surface area contributed by atoms with Gasteiger partial charge in [0.1, 0.15) is 5.82 Å². The van der Waals surface area contributed by atoms with Crippen LogP contribution < -0.4 is 11.1 Å². The van der Waals surface area contributed by atoms with Gasteiger partial charge in [-0.15, -0.1) is 0 Å². The number of benzene rings is 2. The van der Waals surface area contributed by atoms with E-state index in [0.717, 1.165) is 17.2 Å². The second-order valence-corrected chi connectivity index (χ2v) is 5.77. The fourth-order valence-electron chi connectivity index (χ4n) is 2.47. The number of amides is 1. The number of halogens is 4. The van der Waals surface area contributed by atoms with Crippen LogP contribution in [-0.4, -0.2) is 16.1 Å². The smallest absolute Gasteiger partial charge is 0.396 e. The first kappa shape index (κ1) is 18.4. The maximum absolute atomic E-state index is 13.8. The average Bonchev–Trinajstić information content (AvgIpc) is 3.05. The molecule has 5 nitrogen and oxygen atoms in total. The molecule has 0 radical (unpaired) electrons. The minimum atomic E-state index is -4.67. The molecule has 1 aromatic heterocycles. The van der Waals surface area contributed by atoms with E-state index in [4.69, 9.17) is 5.73 Å². The zero-order chi connectivity index (χ0) is 19.6. The van der Waals surface area contributed by atoms with E-state index in [9.17, 15) is 22.4 Å². The van der Waals surface area contributed by atoms with Crippen molar-refractivity contribution in [2.24, 2.45) is 0 Å². The van der Waals surface area contributed by atoms with Crippen molar-refractivity contribution in [3.8, 4) is 11.3 Å². The van der Waals surface area contributed by atoms with E-state index >= 15 is 0 Å². The van der Waals surface area contributed by atoms with Crippen LogP contribution in [0.15, 0.2) is 48.7 Å². The van der Waals surface area contributed by atoms with E-state index in [1.807, 2.05) is 0 Å². The number of nitrogen functional groups attached to an aromatic ring is 1. The van der Waals surface area contributed by atoms with Crippen LogP contribution in [0, 0.1) is 5.82 Å². The average molecular weight is 378 g/mol. The Morgan fingerprint density at radius 3 is 2.41 bits per heavy atom. The summed E-state index contributed by atoms with van der Waals surface area (Å²) in [6, 6.07) is 8.80. The molecule has 0 spiro atoms. The Labute approximate surface area is 151 Å². The summed E-state index contributed by atoms with van der Waals surface area (Å²) in [7, 11) is 0. The van der Waals surface area contributed by atoms with Gasteiger partial charge in [0.15, 0.2) is 0 Å². The number of nitrogens with two attached hydrogens (primary N) is 1. The van der Waals surface area contributed by atoms with Gasteiger partial charge < -0.3 is 11.1 Å². The lowest BCUT2D eigenvalue weighted by Crippen LogP contribution is -2.24. The van der Waals surface area contributed by atoms with Crippen LogP contribution in [0.2, 0.25) is 0 Å². The predicted octanol–water partition coefficient (Wildman–Crippen LogP) is 3.75. The highest BCUT2D eigenvalue weighted by Crippen LogP contribution is 2.30. The highest BCUT2D eigenvalue weighted by Gasteiger charge is 2.31. The molecular weight excluding hydrogens is 364 g/mol. The first-order valence-corrected chi connectivity index (χ1v) is 7.79. The number of alkyl halides is 3. The number of H-pyrrole nitrogens is 1. The normalized spacial score (nSPS) is 11.4. The number of nitrogens with one attached hydrogen (secondary N) is 2. The van der Waals surface area contributed by atoms with Gasteiger partial charge >= 0.3 is 6.18 Å². The van der Waals surface area contributed by atoms with Gasteiger partial charge in [-0.05, 0) is 23.8 Å². The summed E-state index contributed by atoms with van der Waals surface area (Å²) >= 11 is 0. The summed E-state index contributed by atoms with van der Waals surface area (Å²) in [5, 5.41) is 9.07. The third-order valence-corrected chi connectivity index (χ3v) is 3.91. The highest BCUT2D eigenvalue weighted by atomic mass is 19.4. The lowest BCUT2D eigenvalue weighted by Gasteiger charge is -2.10. The molecule has 9 heteroatoms. The molecular formula is C18H14F4N4O. The van der Waals surface area contributed by atoms with Crippen molar-refractivity contribution in [3.63, 3.8) is 0 Å². The summed E-state index contributed by atoms with van der Waals surface area (Å²) in [5.74, 6) is -2.03. The molecule has 0 saturated heterocycles. The van der Waals surface area contributed by atoms with Gasteiger partial charge in [-0.1, -0.05) is 24.3 Å². The van der Waals surface area contributed by atoms with Gasteiger partial charge in [0, 0.05) is 12.1 Å². The summed E-state index contributed by atoms with van der Waals surface area (Å²) in [4.78, 5) is 12.0. The number of hydrogen-bond donors (Lipinski definition) is 3. The molecule has 0 unspecified atom stereocenters. The fourth-order valence-corrected chi connectivity index (χ4v) is 2.47. The molecule has 4 N–H and O–H groups in total. The Kier molecular flexibility index (Phi) is 4.85. The molecule has 0 bridgehead atoms. The Morgan fingerprint density at radius 2 is 1.85 bits per heavy atom. The number of hydrogen-bond acceptors (Lipinski definition) is 3. The number of nitrogens with zero attached hydrogens (tertiary/aromatic N) is 1. The quantitative estimate of drug-likeness (QED) is 0.605. The lowest BCUT2D eigenvalue weighted by atomic mass is 10.1. The zero-order valence-electron chi connectivity index (χ0n) is 13.8. The number of aromatic amines is 1. The number of carbonyl (C=O) groups excluding carboxylic acids is 1. The molecule has 0 fully saturated rings.